The van der Waals surface area contributed by atoms with Crippen molar-refractivity contribution in [1.29, 1.82) is 0 Å². The molecule has 0 amide bonds. The predicted molar refractivity (Wildman–Crippen MR) is 68.2 cm³/mol. The quantitative estimate of drug-likeness (QED) is 0.473. The molecule has 0 saturated heterocycles. The minimum absolute atomic E-state index is 0. The Balaban J connectivity index is 0. The van der Waals surface area contributed by atoms with Gasteiger partial charge < -0.3 is 14.1 Å². The van der Waals surface area contributed by atoms with Gasteiger partial charge in [0.25, 0.3) is 0 Å². The number of hydrogen-bond acceptors (Lipinski definition) is 3. The van der Waals surface area contributed by atoms with Crippen LogP contribution in [0.5, 0.6) is 0 Å². The average Bonchev–Trinajstić information content (AvgIpc) is 1.96. The first-order valence-corrected chi connectivity index (χ1v) is 12.3. The van der Waals surface area contributed by atoms with E-state index in [4.69, 9.17) is 4.74 Å². The van der Waals surface area contributed by atoms with Crippen LogP contribution in [0.3, 0.4) is 0 Å². The number of nitrogens with zero attached hydrogens (tertiary/aromatic N) is 1. The molecule has 0 aliphatic heterocycles. The minimum atomic E-state index is -1.48. The molecule has 0 rings (SSSR count). The molecule has 0 heterocycles. The summed E-state index contributed by atoms with van der Waals surface area (Å²) in [5.41, 5.74) is 0. The molecule has 6 heteroatoms. The van der Waals surface area contributed by atoms with Gasteiger partial charge in [0.2, 0.25) is 0 Å². The van der Waals surface area contributed by atoms with Crippen LogP contribution in [0.15, 0.2) is 12.1 Å². The van der Waals surface area contributed by atoms with E-state index in [1.807, 2.05) is 6.92 Å². The second kappa shape index (κ2) is 6.80. The molecule has 0 aromatic carbocycles. The van der Waals surface area contributed by atoms with Crippen molar-refractivity contribution in [2.24, 2.45) is 0 Å². The summed E-state index contributed by atoms with van der Waals surface area (Å²) in [6.07, 6.45) is 1.68. The van der Waals surface area contributed by atoms with Gasteiger partial charge in [0.05, 0.1) is 5.95 Å². The fraction of sp³-hybridized carbons (Fsp3) is 0.800. The Morgan fingerprint density at radius 1 is 1.12 bits per heavy atom. The zero-order valence-corrected chi connectivity index (χ0v) is 14.0. The van der Waals surface area contributed by atoms with Gasteiger partial charge in [-0.3, -0.25) is 0 Å². The van der Waals surface area contributed by atoms with E-state index in [0.29, 0.717) is 6.61 Å². The van der Waals surface area contributed by atoms with E-state index in [9.17, 15) is 5.11 Å². The van der Waals surface area contributed by atoms with Gasteiger partial charge in [-0.05, 0) is 6.61 Å². The van der Waals surface area contributed by atoms with Crippen LogP contribution in [0.2, 0.25) is 39.3 Å². The third kappa shape index (κ3) is 6.69. The van der Waals surface area contributed by atoms with Crippen molar-refractivity contribution in [3.05, 3.63) is 12.1 Å². The third-order valence-electron chi connectivity index (χ3n) is 1.97. The van der Waals surface area contributed by atoms with E-state index in [1.165, 1.54) is 0 Å². The van der Waals surface area contributed by atoms with Crippen molar-refractivity contribution in [3.8, 4) is 0 Å². The zero-order valence-electron chi connectivity index (χ0n) is 12.0. The molecule has 0 spiro atoms. The zero-order chi connectivity index (χ0) is 12.3. The number of rotatable bonds is 5. The Bertz CT molecular complexity index is 220. The topological polar surface area (TPSA) is 35.5 Å². The van der Waals surface area contributed by atoms with E-state index in [-0.39, 0.29) is 24.8 Å². The molecule has 0 N–H and O–H groups in total. The van der Waals surface area contributed by atoms with Gasteiger partial charge in [-0.2, -0.15) is 0 Å². The molecular weight excluding hydrogens is 229 g/mol. The minimum Gasteiger partial charge on any atom is -0.613 e. The van der Waals surface area contributed by atoms with Gasteiger partial charge in [-0.15, -0.1) is 0 Å². The maximum absolute atomic E-state index is 11.5. The molecule has 0 unspecified atom stereocenters. The van der Waals surface area contributed by atoms with Gasteiger partial charge in [0.1, 0.15) is 16.5 Å². The monoisotopic (exact) mass is 253 g/mol. The SMILES string of the molecule is CCO/C([O-])=C/N([Si](C)(C)C)[Si](C)(C)C.[Li+]. The maximum Gasteiger partial charge on any atom is 1.00 e. The summed E-state index contributed by atoms with van der Waals surface area (Å²) >= 11 is 0. The van der Waals surface area contributed by atoms with Crippen LogP contribution in [-0.4, -0.2) is 27.3 Å². The van der Waals surface area contributed by atoms with E-state index in [1.54, 1.807) is 6.20 Å². The average molecular weight is 253 g/mol. The van der Waals surface area contributed by atoms with E-state index in [2.05, 4.69) is 43.5 Å². The van der Waals surface area contributed by atoms with Crippen LogP contribution in [0.25, 0.3) is 0 Å². The van der Waals surface area contributed by atoms with Gasteiger partial charge in [0, 0.05) is 6.20 Å². The molecule has 0 aromatic heterocycles. The Hall–Kier alpha value is 0.171. The summed E-state index contributed by atoms with van der Waals surface area (Å²) in [5, 5.41) is 11.5. The van der Waals surface area contributed by atoms with Crippen LogP contribution in [0, 0.1) is 0 Å². The maximum atomic E-state index is 11.5. The summed E-state index contributed by atoms with van der Waals surface area (Å²) in [6, 6.07) is 0. The standard InChI is InChI=1S/C10H25NO2Si2.Li/c1-8-13-10(12)9-11(14(2,3)4)15(5,6)7;/h9,12H,8H2,1-7H3;/q;+1/p-1/b10-9+;. The van der Waals surface area contributed by atoms with Crippen LogP contribution in [0.1, 0.15) is 6.92 Å². The van der Waals surface area contributed by atoms with Crippen molar-refractivity contribution >= 4 is 16.5 Å². The Morgan fingerprint density at radius 3 is 1.75 bits per heavy atom. The molecule has 0 atom stereocenters. The van der Waals surface area contributed by atoms with Crippen molar-refractivity contribution < 1.29 is 28.7 Å². The molecule has 0 bridgehead atoms. The molecule has 0 saturated carbocycles. The van der Waals surface area contributed by atoms with Crippen LogP contribution < -0.4 is 24.0 Å². The third-order valence-corrected chi connectivity index (χ3v) is 9.14. The molecule has 0 aliphatic rings. The summed E-state index contributed by atoms with van der Waals surface area (Å²) in [6.45, 7) is 15.8. The second-order valence-corrected chi connectivity index (χ2v) is 15.7. The molecule has 0 radical (unpaired) electrons. The number of ether oxygens (including phenoxy) is 1. The fourth-order valence-electron chi connectivity index (χ4n) is 1.68. The van der Waals surface area contributed by atoms with Gasteiger partial charge in [-0.1, -0.05) is 46.2 Å². The van der Waals surface area contributed by atoms with Crippen molar-refractivity contribution in [2.45, 2.75) is 46.2 Å². The smallest absolute Gasteiger partial charge is 0.613 e. The van der Waals surface area contributed by atoms with E-state index < -0.39 is 16.5 Å². The van der Waals surface area contributed by atoms with Crippen LogP contribution >= 0.6 is 0 Å². The van der Waals surface area contributed by atoms with Crippen LogP contribution in [0.4, 0.5) is 0 Å². The summed E-state index contributed by atoms with van der Waals surface area (Å²) in [7, 11) is -2.95. The molecule has 3 nitrogen and oxygen atoms in total. The normalized spacial score (nSPS) is 13.1. The van der Waals surface area contributed by atoms with Crippen molar-refractivity contribution in [1.82, 2.24) is 4.23 Å². The van der Waals surface area contributed by atoms with Crippen molar-refractivity contribution in [3.63, 3.8) is 0 Å². The van der Waals surface area contributed by atoms with E-state index in [0.717, 1.165) is 0 Å². The Labute approximate surface area is 114 Å². The van der Waals surface area contributed by atoms with Gasteiger partial charge >= 0.3 is 18.9 Å². The first-order chi connectivity index (χ1) is 6.59. The van der Waals surface area contributed by atoms with E-state index >= 15 is 0 Å². The molecule has 0 aliphatic carbocycles. The largest absolute Gasteiger partial charge is 1.00 e. The Kier molecular flexibility index (Phi) is 7.87. The Morgan fingerprint density at radius 2 is 1.50 bits per heavy atom. The van der Waals surface area contributed by atoms with Crippen molar-refractivity contribution in [2.75, 3.05) is 6.61 Å². The number of hydrogen-bond donors (Lipinski definition) is 0. The molecular formula is C10H24LiNO2Si2. The summed E-state index contributed by atoms with van der Waals surface area (Å²) in [5.74, 6) is -0.206. The molecule has 0 aromatic rings. The molecule has 0 fully saturated rings. The molecule has 90 valence electrons. The van der Waals surface area contributed by atoms with Gasteiger partial charge in [-0.25, -0.2) is 0 Å². The second-order valence-electron chi connectivity index (χ2n) is 5.59. The first-order valence-electron chi connectivity index (χ1n) is 5.40. The summed E-state index contributed by atoms with van der Waals surface area (Å²) in [4.78, 5) is 0. The first kappa shape index (κ1) is 18.5. The van der Waals surface area contributed by atoms with Crippen LogP contribution in [-0.2, 0) is 4.74 Å². The summed E-state index contributed by atoms with van der Waals surface area (Å²) < 4.78 is 7.27. The van der Waals surface area contributed by atoms with Gasteiger partial charge in [0.15, 0.2) is 0 Å². The molecule has 16 heavy (non-hydrogen) atoms. The fourth-order valence-corrected chi connectivity index (χ4v) is 10.7. The predicted octanol–water partition coefficient (Wildman–Crippen LogP) is -0.842.